The molecule has 34 heavy (non-hydrogen) atoms. The number of benzene rings is 1. The first-order valence-electron chi connectivity index (χ1n) is 10.4. The Hall–Kier alpha value is -3.76. The number of halogens is 2. The summed E-state index contributed by atoms with van der Waals surface area (Å²) in [6.45, 7) is 1.09. The van der Waals surface area contributed by atoms with Gasteiger partial charge in [-0.2, -0.15) is 0 Å². The molecule has 0 saturated heterocycles. The highest BCUT2D eigenvalue weighted by Gasteiger charge is 2.15. The zero-order valence-corrected chi connectivity index (χ0v) is 19.5. The van der Waals surface area contributed by atoms with Crippen LogP contribution in [-0.4, -0.2) is 43.2 Å². The first kappa shape index (κ1) is 24.9. The topological polar surface area (TPSA) is 140 Å². The van der Waals surface area contributed by atoms with Gasteiger partial charge < -0.3 is 36.6 Å². The Bertz CT molecular complexity index is 1240. The molecule has 0 aliphatic carbocycles. The minimum Gasteiger partial charge on any atom is -0.478 e. The minimum absolute atomic E-state index is 0.0511. The van der Waals surface area contributed by atoms with Crippen molar-refractivity contribution in [1.29, 1.82) is 0 Å². The third-order valence-corrected chi connectivity index (χ3v) is 5.08. The number of nitrogens with one attached hydrogen (secondary N) is 3. The second-order valence-corrected chi connectivity index (χ2v) is 7.66. The Kier molecular flexibility index (Phi) is 8.34. The van der Waals surface area contributed by atoms with Crippen molar-refractivity contribution in [3.8, 4) is 0 Å². The van der Waals surface area contributed by atoms with Gasteiger partial charge in [0, 0.05) is 27.9 Å². The first-order valence-corrected chi connectivity index (χ1v) is 10.7. The standard InChI is InChI=1S/C23H26ClFN6O3/c1-28-7-3-9-34-21(27)19(12-17(26)14-10-13(24)4-5-16(14)25)30-18-6-8-29-22-15(18)11-20(31-22)23(32)33-2/h4-6,8,10-12,28H,3,7,9,26-27H2,1-2H3,(H2,29,30,31)/b17-12-,21-19-. The highest BCUT2D eigenvalue weighted by atomic mass is 35.5. The van der Waals surface area contributed by atoms with E-state index in [0.29, 0.717) is 34.8 Å². The Morgan fingerprint density at radius 2 is 2.09 bits per heavy atom. The number of nitrogens with zero attached hydrogens (tertiary/aromatic N) is 1. The largest absolute Gasteiger partial charge is 0.478 e. The SMILES string of the molecule is CNCCCO/C(N)=C(/C=C(\N)c1cc(Cl)ccc1F)Nc1ccnc2[nH]c(C(=O)OC)cc12. The van der Waals surface area contributed by atoms with E-state index in [0.717, 1.165) is 6.54 Å². The molecule has 7 N–H and O–H groups in total. The second kappa shape index (κ2) is 11.4. The van der Waals surface area contributed by atoms with Crippen LogP contribution in [0.4, 0.5) is 10.1 Å². The van der Waals surface area contributed by atoms with Gasteiger partial charge in [0.1, 0.15) is 22.9 Å². The third kappa shape index (κ3) is 5.97. The van der Waals surface area contributed by atoms with E-state index in [1.165, 1.54) is 31.4 Å². The van der Waals surface area contributed by atoms with E-state index in [9.17, 15) is 9.18 Å². The number of aromatic nitrogens is 2. The van der Waals surface area contributed by atoms with Crippen molar-refractivity contribution >= 4 is 40.0 Å². The van der Waals surface area contributed by atoms with Gasteiger partial charge in [-0.25, -0.2) is 14.2 Å². The lowest BCUT2D eigenvalue weighted by molar-refractivity contribution is 0.0595. The summed E-state index contributed by atoms with van der Waals surface area (Å²) in [7, 11) is 3.12. The number of H-pyrrole nitrogens is 1. The number of hydrogen-bond acceptors (Lipinski definition) is 8. The summed E-state index contributed by atoms with van der Waals surface area (Å²) in [6, 6.07) is 7.37. The number of anilines is 1. The van der Waals surface area contributed by atoms with Crippen LogP contribution in [0.25, 0.3) is 16.7 Å². The van der Waals surface area contributed by atoms with Crippen LogP contribution in [0.5, 0.6) is 0 Å². The molecule has 1 aromatic carbocycles. The summed E-state index contributed by atoms with van der Waals surface area (Å²) in [5.74, 6) is -1.02. The van der Waals surface area contributed by atoms with E-state index in [2.05, 4.69) is 20.6 Å². The average molecular weight is 489 g/mol. The van der Waals surface area contributed by atoms with Crippen molar-refractivity contribution in [3.63, 3.8) is 0 Å². The predicted octanol–water partition coefficient (Wildman–Crippen LogP) is 3.31. The third-order valence-electron chi connectivity index (χ3n) is 4.84. The molecule has 0 aliphatic rings. The summed E-state index contributed by atoms with van der Waals surface area (Å²) in [6.07, 6.45) is 3.72. The fourth-order valence-corrected chi connectivity index (χ4v) is 3.30. The maximum absolute atomic E-state index is 14.4. The fourth-order valence-electron chi connectivity index (χ4n) is 3.13. The number of ether oxygens (including phenoxy) is 2. The second-order valence-electron chi connectivity index (χ2n) is 7.23. The van der Waals surface area contributed by atoms with E-state index < -0.39 is 11.8 Å². The molecule has 0 atom stereocenters. The monoisotopic (exact) mass is 488 g/mol. The number of carbonyl (C=O) groups excluding carboxylic acids is 1. The smallest absolute Gasteiger partial charge is 0.354 e. The number of carbonyl (C=O) groups is 1. The number of nitrogens with two attached hydrogens (primary N) is 2. The van der Waals surface area contributed by atoms with Crippen molar-refractivity contribution in [3.05, 3.63) is 76.3 Å². The first-order chi connectivity index (χ1) is 16.3. The molecule has 0 amide bonds. The summed E-state index contributed by atoms with van der Waals surface area (Å²) in [5, 5.41) is 7.12. The maximum Gasteiger partial charge on any atom is 0.354 e. The van der Waals surface area contributed by atoms with E-state index in [4.69, 9.17) is 32.5 Å². The summed E-state index contributed by atoms with van der Waals surface area (Å²) >= 11 is 6.01. The van der Waals surface area contributed by atoms with Crippen LogP contribution in [0, 0.1) is 5.82 Å². The van der Waals surface area contributed by atoms with E-state index in [-0.39, 0.29) is 28.5 Å². The normalized spacial score (nSPS) is 12.4. The Morgan fingerprint density at radius 1 is 1.29 bits per heavy atom. The van der Waals surface area contributed by atoms with Crippen molar-refractivity contribution in [2.45, 2.75) is 6.42 Å². The lowest BCUT2D eigenvalue weighted by atomic mass is 10.1. The lowest BCUT2D eigenvalue weighted by Crippen LogP contribution is -2.16. The zero-order valence-electron chi connectivity index (χ0n) is 18.7. The van der Waals surface area contributed by atoms with Gasteiger partial charge >= 0.3 is 5.97 Å². The number of rotatable bonds is 10. The van der Waals surface area contributed by atoms with E-state index in [1.54, 1.807) is 18.3 Å². The summed E-state index contributed by atoms with van der Waals surface area (Å²) in [4.78, 5) is 19.1. The van der Waals surface area contributed by atoms with Crippen molar-refractivity contribution in [2.75, 3.05) is 32.6 Å². The molecule has 0 fully saturated rings. The van der Waals surface area contributed by atoms with Gasteiger partial charge in [-0.05, 0) is 56.4 Å². The average Bonchev–Trinajstić information content (AvgIpc) is 3.27. The molecule has 3 aromatic rings. The van der Waals surface area contributed by atoms with Crippen LogP contribution in [0.1, 0.15) is 22.5 Å². The zero-order chi connectivity index (χ0) is 24.7. The molecule has 0 radical (unpaired) electrons. The van der Waals surface area contributed by atoms with Gasteiger partial charge in [-0.3, -0.25) is 0 Å². The van der Waals surface area contributed by atoms with Crippen molar-refractivity contribution in [2.24, 2.45) is 11.5 Å². The van der Waals surface area contributed by atoms with Crippen LogP contribution in [-0.2, 0) is 9.47 Å². The van der Waals surface area contributed by atoms with Gasteiger partial charge in [0.25, 0.3) is 0 Å². The van der Waals surface area contributed by atoms with E-state index in [1.807, 2.05) is 7.05 Å². The Morgan fingerprint density at radius 3 is 2.82 bits per heavy atom. The number of methoxy groups -OCH3 is 1. The molecular weight excluding hydrogens is 463 g/mol. The summed E-state index contributed by atoms with van der Waals surface area (Å²) < 4.78 is 24.8. The van der Waals surface area contributed by atoms with Gasteiger partial charge in [0.15, 0.2) is 0 Å². The maximum atomic E-state index is 14.4. The van der Waals surface area contributed by atoms with Crippen molar-refractivity contribution in [1.82, 2.24) is 15.3 Å². The molecule has 11 heteroatoms. The Balaban J connectivity index is 2.01. The van der Waals surface area contributed by atoms with Crippen LogP contribution in [0.3, 0.4) is 0 Å². The molecule has 2 aromatic heterocycles. The van der Waals surface area contributed by atoms with Gasteiger partial charge in [-0.15, -0.1) is 0 Å². The highest BCUT2D eigenvalue weighted by Crippen LogP contribution is 2.26. The highest BCUT2D eigenvalue weighted by molar-refractivity contribution is 6.30. The van der Waals surface area contributed by atoms with Crippen LogP contribution in [0.2, 0.25) is 5.02 Å². The number of esters is 1. The number of fused-ring (bicyclic) bond motifs is 1. The molecule has 9 nitrogen and oxygen atoms in total. The van der Waals surface area contributed by atoms with Gasteiger partial charge in [0.05, 0.1) is 19.4 Å². The number of pyridine rings is 1. The molecule has 0 saturated carbocycles. The number of aromatic amines is 1. The molecule has 180 valence electrons. The minimum atomic E-state index is -0.536. The fraction of sp³-hybridized carbons (Fsp3) is 0.217. The van der Waals surface area contributed by atoms with E-state index >= 15 is 0 Å². The molecule has 2 heterocycles. The molecule has 3 rings (SSSR count). The Labute approximate surface area is 201 Å². The number of hydrogen-bond donors (Lipinski definition) is 5. The van der Waals surface area contributed by atoms with Crippen LogP contribution in [0.15, 0.2) is 54.2 Å². The molecule has 0 spiro atoms. The van der Waals surface area contributed by atoms with Crippen molar-refractivity contribution < 1.29 is 18.7 Å². The lowest BCUT2D eigenvalue weighted by Gasteiger charge is -2.15. The van der Waals surface area contributed by atoms with Crippen LogP contribution >= 0.6 is 11.6 Å². The van der Waals surface area contributed by atoms with Gasteiger partial charge in [0.2, 0.25) is 5.88 Å². The molecule has 0 unspecified atom stereocenters. The quantitative estimate of drug-likeness (QED) is 0.127. The predicted molar refractivity (Wildman–Crippen MR) is 130 cm³/mol. The number of allylic oxidation sites excluding steroid dienone is 1. The van der Waals surface area contributed by atoms with Gasteiger partial charge in [-0.1, -0.05) is 11.6 Å². The molecule has 0 bridgehead atoms. The molecular formula is C23H26ClFN6O3. The summed E-state index contributed by atoms with van der Waals surface area (Å²) in [5.41, 5.74) is 14.1. The van der Waals surface area contributed by atoms with Crippen LogP contribution < -0.4 is 22.1 Å². The molecule has 0 aliphatic heterocycles.